The molecule has 144 valence electrons. The lowest BCUT2D eigenvalue weighted by Crippen LogP contribution is -2.30. The second kappa shape index (κ2) is 6.82. The Hall–Kier alpha value is -3.97. The van der Waals surface area contributed by atoms with Gasteiger partial charge in [0.25, 0.3) is 0 Å². The zero-order valence-electron chi connectivity index (χ0n) is 16.6. The summed E-state index contributed by atoms with van der Waals surface area (Å²) in [6.45, 7) is 1.98. The summed E-state index contributed by atoms with van der Waals surface area (Å²) in [5.74, 6) is -0.306. The number of rotatable bonds is 2. The Morgan fingerprint density at radius 1 is 0.967 bits per heavy atom. The number of fused-ring (bicyclic) bond motifs is 3. The molecule has 0 N–H and O–H groups in total. The third-order valence-corrected chi connectivity index (χ3v) is 5.55. The zero-order valence-corrected chi connectivity index (χ0v) is 16.6. The lowest BCUT2D eigenvalue weighted by Gasteiger charge is -2.05. The van der Waals surface area contributed by atoms with Crippen LogP contribution in [-0.2, 0) is 7.05 Å². The van der Waals surface area contributed by atoms with Crippen LogP contribution in [0.4, 0.5) is 4.39 Å². The summed E-state index contributed by atoms with van der Waals surface area (Å²) >= 11 is 0. The van der Waals surface area contributed by atoms with Crippen LogP contribution in [0.25, 0.3) is 44.3 Å². The highest BCUT2D eigenvalue weighted by atomic mass is 19.1. The van der Waals surface area contributed by atoms with Gasteiger partial charge in [0, 0.05) is 22.9 Å². The van der Waals surface area contributed by atoms with E-state index < -0.39 is 0 Å². The van der Waals surface area contributed by atoms with Crippen LogP contribution in [0.1, 0.15) is 11.1 Å². The maximum absolute atomic E-state index is 14.0. The average molecular weight is 393 g/mol. The van der Waals surface area contributed by atoms with E-state index in [0.717, 1.165) is 38.7 Å². The smallest absolute Gasteiger partial charge is 0.219 e. The van der Waals surface area contributed by atoms with Crippen molar-refractivity contribution >= 4 is 21.9 Å². The molecule has 0 aliphatic heterocycles. The van der Waals surface area contributed by atoms with Gasteiger partial charge >= 0.3 is 0 Å². The molecular weight excluding hydrogens is 375 g/mol. The molecule has 3 aromatic carbocycles. The summed E-state index contributed by atoms with van der Waals surface area (Å²) < 4.78 is 22.2. The Morgan fingerprint density at radius 3 is 2.53 bits per heavy atom. The van der Waals surface area contributed by atoms with Crippen LogP contribution in [-0.4, -0.2) is 0 Å². The predicted octanol–water partition coefficient (Wildman–Crippen LogP) is 6.06. The molecule has 2 aromatic heterocycles. The third-order valence-electron chi connectivity index (χ3n) is 5.55. The molecule has 0 saturated heterocycles. The number of nitrogens with zero attached hydrogens (tertiary/aromatic N) is 2. The highest BCUT2D eigenvalue weighted by Crippen LogP contribution is 2.40. The van der Waals surface area contributed by atoms with Gasteiger partial charge in [-0.3, -0.25) is 0 Å². The Labute approximate surface area is 173 Å². The molecule has 0 radical (unpaired) electrons. The quantitative estimate of drug-likeness (QED) is 0.342. The van der Waals surface area contributed by atoms with Crippen molar-refractivity contribution < 1.29 is 13.4 Å². The first-order valence-corrected chi connectivity index (χ1v) is 9.68. The fourth-order valence-electron chi connectivity index (χ4n) is 4.06. The number of benzene rings is 3. The molecule has 0 bridgehead atoms. The van der Waals surface area contributed by atoms with Crippen molar-refractivity contribution in [3.8, 4) is 28.5 Å². The van der Waals surface area contributed by atoms with Crippen molar-refractivity contribution in [1.82, 2.24) is 0 Å². The Morgan fingerprint density at radius 2 is 1.77 bits per heavy atom. The first-order valence-electron chi connectivity index (χ1n) is 9.68. The summed E-state index contributed by atoms with van der Waals surface area (Å²) in [5, 5.41) is 11.5. The molecule has 30 heavy (non-hydrogen) atoms. The molecule has 0 amide bonds. The Bertz CT molecular complexity index is 1480. The summed E-state index contributed by atoms with van der Waals surface area (Å²) in [6.07, 6.45) is 1.69. The number of halogens is 1. The summed E-state index contributed by atoms with van der Waals surface area (Å²) in [5.41, 5.74) is 6.34. The third kappa shape index (κ3) is 2.75. The molecule has 0 atom stereocenters. The minimum Gasteiger partial charge on any atom is -0.455 e. The maximum atomic E-state index is 14.0. The standard InChI is InChI=1S/C26H18FN2O/c1-16-8-9-21-25-19(15-28)12-18(17-6-4-3-5-7-17)13-23(25)30-26(21)24(16)22-14-20(27)10-11-29(22)2/h3-14H,1-2H3/q+1. The van der Waals surface area contributed by atoms with Crippen molar-refractivity contribution in [2.75, 3.05) is 0 Å². The van der Waals surface area contributed by atoms with E-state index in [2.05, 4.69) is 6.07 Å². The van der Waals surface area contributed by atoms with Gasteiger partial charge < -0.3 is 4.42 Å². The van der Waals surface area contributed by atoms with Gasteiger partial charge in [-0.15, -0.1) is 0 Å². The second-order valence-electron chi connectivity index (χ2n) is 7.45. The van der Waals surface area contributed by atoms with Gasteiger partial charge in [-0.25, -0.2) is 8.96 Å². The topological polar surface area (TPSA) is 40.8 Å². The van der Waals surface area contributed by atoms with Gasteiger partial charge in [0.15, 0.2) is 6.20 Å². The minimum absolute atomic E-state index is 0.306. The van der Waals surface area contributed by atoms with Crippen molar-refractivity contribution in [1.29, 1.82) is 5.26 Å². The molecule has 0 fully saturated rings. The summed E-state index contributed by atoms with van der Waals surface area (Å²) in [7, 11) is 1.88. The van der Waals surface area contributed by atoms with E-state index >= 15 is 0 Å². The van der Waals surface area contributed by atoms with Crippen molar-refractivity contribution in [2.24, 2.45) is 7.05 Å². The van der Waals surface area contributed by atoms with E-state index in [9.17, 15) is 9.65 Å². The first-order chi connectivity index (χ1) is 14.6. The first kappa shape index (κ1) is 18.1. The van der Waals surface area contributed by atoms with Crippen molar-refractivity contribution in [2.45, 2.75) is 6.92 Å². The number of hydrogen-bond acceptors (Lipinski definition) is 2. The molecule has 0 spiro atoms. The maximum Gasteiger partial charge on any atom is 0.219 e. The van der Waals surface area contributed by atoms with Gasteiger partial charge in [-0.2, -0.15) is 5.26 Å². The fourth-order valence-corrected chi connectivity index (χ4v) is 4.06. The van der Waals surface area contributed by atoms with Crippen LogP contribution in [0, 0.1) is 24.1 Å². The Kier molecular flexibility index (Phi) is 4.11. The zero-order chi connectivity index (χ0) is 20.8. The van der Waals surface area contributed by atoms with Crippen LogP contribution < -0.4 is 4.57 Å². The lowest BCUT2D eigenvalue weighted by atomic mass is 9.97. The number of hydrogen-bond donors (Lipinski definition) is 0. The van der Waals surface area contributed by atoms with Crippen molar-refractivity contribution in [3.05, 3.63) is 89.9 Å². The van der Waals surface area contributed by atoms with Gasteiger partial charge in [0.05, 0.1) is 17.2 Å². The van der Waals surface area contributed by atoms with E-state index in [1.807, 2.05) is 73.1 Å². The molecule has 4 heteroatoms. The summed E-state index contributed by atoms with van der Waals surface area (Å²) in [6, 6.07) is 23.0. The SMILES string of the molecule is Cc1ccc2c(oc3cc(-c4ccccc4)cc(C#N)c32)c1-c1cc(F)cc[n+]1C. The highest BCUT2D eigenvalue weighted by molar-refractivity contribution is 6.12. The monoisotopic (exact) mass is 393 g/mol. The molecule has 5 rings (SSSR count). The molecule has 0 aliphatic carbocycles. The number of aromatic nitrogens is 1. The molecule has 0 saturated carbocycles. The van der Waals surface area contributed by atoms with Crippen LogP contribution in [0.2, 0.25) is 0 Å². The van der Waals surface area contributed by atoms with E-state index in [1.165, 1.54) is 12.1 Å². The van der Waals surface area contributed by atoms with Crippen molar-refractivity contribution in [3.63, 3.8) is 0 Å². The van der Waals surface area contributed by atoms with Gasteiger partial charge in [-0.05, 0) is 35.7 Å². The molecule has 5 aromatic rings. The number of furan rings is 1. The minimum atomic E-state index is -0.306. The molecule has 2 heterocycles. The van der Waals surface area contributed by atoms with E-state index in [4.69, 9.17) is 4.42 Å². The number of pyridine rings is 1. The van der Waals surface area contributed by atoms with E-state index in [0.29, 0.717) is 16.7 Å². The van der Waals surface area contributed by atoms with E-state index in [1.54, 1.807) is 6.20 Å². The molecule has 0 aliphatic rings. The highest BCUT2D eigenvalue weighted by Gasteiger charge is 2.22. The number of nitriles is 1. The van der Waals surface area contributed by atoms with Crippen LogP contribution in [0.15, 0.2) is 77.3 Å². The van der Waals surface area contributed by atoms with Gasteiger partial charge in [0.2, 0.25) is 5.69 Å². The average Bonchev–Trinajstić information content (AvgIpc) is 3.14. The fraction of sp³-hybridized carbons (Fsp3) is 0.0769. The largest absolute Gasteiger partial charge is 0.455 e. The molecule has 0 unspecified atom stereocenters. The van der Waals surface area contributed by atoms with Crippen LogP contribution in [0.5, 0.6) is 0 Å². The van der Waals surface area contributed by atoms with Gasteiger partial charge in [0.1, 0.15) is 24.0 Å². The summed E-state index contributed by atoms with van der Waals surface area (Å²) in [4.78, 5) is 0. The second-order valence-corrected chi connectivity index (χ2v) is 7.45. The number of aryl methyl sites for hydroxylation is 2. The van der Waals surface area contributed by atoms with Crippen LogP contribution in [0.3, 0.4) is 0 Å². The normalized spacial score (nSPS) is 11.1. The van der Waals surface area contributed by atoms with Crippen LogP contribution >= 0.6 is 0 Å². The molecular formula is C26H18FN2O+. The predicted molar refractivity (Wildman–Crippen MR) is 115 cm³/mol. The van der Waals surface area contributed by atoms with Gasteiger partial charge in [-0.1, -0.05) is 42.5 Å². The van der Waals surface area contributed by atoms with E-state index in [-0.39, 0.29) is 5.82 Å². The Balaban J connectivity index is 1.88. The molecule has 3 nitrogen and oxygen atoms in total. The lowest BCUT2D eigenvalue weighted by molar-refractivity contribution is -0.660.